The van der Waals surface area contributed by atoms with Gasteiger partial charge in [-0.25, -0.2) is 0 Å². The van der Waals surface area contributed by atoms with Crippen molar-refractivity contribution in [2.75, 3.05) is 0 Å². The van der Waals surface area contributed by atoms with Crippen molar-refractivity contribution in [3.63, 3.8) is 0 Å². The quantitative estimate of drug-likeness (QED) is 0.875. The monoisotopic (exact) mass is 241 g/mol. The molecule has 1 unspecified atom stereocenters. The predicted octanol–water partition coefficient (Wildman–Crippen LogP) is 3.26. The fourth-order valence-electron chi connectivity index (χ4n) is 2.38. The minimum Gasteiger partial charge on any atom is -0.381 e. The molecule has 0 aliphatic carbocycles. The van der Waals surface area contributed by atoms with E-state index in [0.29, 0.717) is 0 Å². The van der Waals surface area contributed by atoms with E-state index in [1.54, 1.807) is 12.4 Å². The number of hydrogen-bond acceptors (Lipinski definition) is 2. The number of aryl methyl sites for hydroxylation is 3. The number of rotatable bonds is 2. The van der Waals surface area contributed by atoms with Gasteiger partial charge in [0.15, 0.2) is 0 Å². The summed E-state index contributed by atoms with van der Waals surface area (Å²) in [5.41, 5.74) is 4.13. The topological polar surface area (TPSA) is 33.1 Å². The van der Waals surface area contributed by atoms with E-state index in [4.69, 9.17) is 0 Å². The van der Waals surface area contributed by atoms with Gasteiger partial charge in [0.1, 0.15) is 5.60 Å². The van der Waals surface area contributed by atoms with Gasteiger partial charge in [0.2, 0.25) is 0 Å². The molecule has 0 bridgehead atoms. The molecule has 0 aliphatic rings. The van der Waals surface area contributed by atoms with Gasteiger partial charge in [-0.15, -0.1) is 0 Å². The molecule has 2 rings (SSSR count). The average molecular weight is 241 g/mol. The highest BCUT2D eigenvalue weighted by Gasteiger charge is 2.27. The second-order valence-corrected chi connectivity index (χ2v) is 5.14. The SMILES string of the molecule is Cc1cc(C)cc(C(C)(O)c2cnccc2C)c1. The summed E-state index contributed by atoms with van der Waals surface area (Å²) in [6.45, 7) is 7.91. The number of benzene rings is 1. The van der Waals surface area contributed by atoms with Crippen LogP contribution in [0.25, 0.3) is 0 Å². The molecule has 1 aromatic heterocycles. The largest absolute Gasteiger partial charge is 0.381 e. The minimum absolute atomic E-state index is 0.856. The molecular weight excluding hydrogens is 222 g/mol. The summed E-state index contributed by atoms with van der Waals surface area (Å²) < 4.78 is 0. The Kier molecular flexibility index (Phi) is 3.22. The number of pyridine rings is 1. The third kappa shape index (κ3) is 2.29. The second-order valence-electron chi connectivity index (χ2n) is 5.14. The van der Waals surface area contributed by atoms with Crippen LogP contribution in [0.3, 0.4) is 0 Å². The lowest BCUT2D eigenvalue weighted by atomic mass is 9.85. The molecule has 0 fully saturated rings. The lowest BCUT2D eigenvalue weighted by Crippen LogP contribution is -2.24. The van der Waals surface area contributed by atoms with Crippen molar-refractivity contribution in [2.45, 2.75) is 33.3 Å². The zero-order chi connectivity index (χ0) is 13.3. The maximum Gasteiger partial charge on any atom is 0.114 e. The van der Waals surface area contributed by atoms with E-state index < -0.39 is 5.60 Å². The minimum atomic E-state index is -1.00. The van der Waals surface area contributed by atoms with E-state index in [0.717, 1.165) is 27.8 Å². The van der Waals surface area contributed by atoms with Gasteiger partial charge >= 0.3 is 0 Å². The predicted molar refractivity (Wildman–Crippen MR) is 73.6 cm³/mol. The molecule has 1 N–H and O–H groups in total. The molecule has 94 valence electrons. The smallest absolute Gasteiger partial charge is 0.114 e. The standard InChI is InChI=1S/C16H19NO/c1-11-7-12(2)9-14(8-11)16(4,18)15-10-17-6-5-13(15)3/h5-10,18H,1-4H3. The highest BCUT2D eigenvalue weighted by molar-refractivity contribution is 5.41. The normalized spacial score (nSPS) is 14.3. The Bertz CT molecular complexity index is 553. The highest BCUT2D eigenvalue weighted by atomic mass is 16.3. The Morgan fingerprint density at radius 1 is 1.06 bits per heavy atom. The van der Waals surface area contributed by atoms with E-state index in [-0.39, 0.29) is 0 Å². The van der Waals surface area contributed by atoms with Crippen molar-refractivity contribution < 1.29 is 5.11 Å². The van der Waals surface area contributed by atoms with Gasteiger partial charge in [-0.2, -0.15) is 0 Å². The van der Waals surface area contributed by atoms with E-state index in [2.05, 4.69) is 11.1 Å². The number of aromatic nitrogens is 1. The molecule has 0 saturated heterocycles. The molecule has 1 aromatic carbocycles. The second kappa shape index (κ2) is 4.54. The van der Waals surface area contributed by atoms with E-state index in [1.165, 1.54) is 0 Å². The van der Waals surface area contributed by atoms with Crippen LogP contribution in [0.1, 0.15) is 34.7 Å². The van der Waals surface area contributed by atoms with Crippen LogP contribution < -0.4 is 0 Å². The van der Waals surface area contributed by atoms with Crippen LogP contribution in [0.5, 0.6) is 0 Å². The number of hydrogen-bond donors (Lipinski definition) is 1. The first kappa shape index (κ1) is 12.8. The van der Waals surface area contributed by atoms with Crippen LogP contribution in [-0.4, -0.2) is 10.1 Å². The fourth-order valence-corrected chi connectivity index (χ4v) is 2.38. The summed E-state index contributed by atoms with van der Waals surface area (Å²) in [6.07, 6.45) is 3.49. The first-order valence-electron chi connectivity index (χ1n) is 6.13. The summed E-state index contributed by atoms with van der Waals surface area (Å²) >= 11 is 0. The summed E-state index contributed by atoms with van der Waals surface area (Å²) in [5.74, 6) is 0. The van der Waals surface area contributed by atoms with Crippen LogP contribution in [0, 0.1) is 20.8 Å². The van der Waals surface area contributed by atoms with Gasteiger partial charge in [0, 0.05) is 18.0 Å². The van der Waals surface area contributed by atoms with Crippen molar-refractivity contribution in [1.29, 1.82) is 0 Å². The third-order valence-corrected chi connectivity index (χ3v) is 3.35. The van der Waals surface area contributed by atoms with Crippen molar-refractivity contribution in [3.8, 4) is 0 Å². The van der Waals surface area contributed by atoms with Crippen LogP contribution in [-0.2, 0) is 5.60 Å². The molecule has 0 aliphatic heterocycles. The van der Waals surface area contributed by atoms with Gasteiger partial charge in [-0.05, 0) is 44.9 Å². The summed E-state index contributed by atoms with van der Waals surface area (Å²) in [6, 6.07) is 8.08. The fraction of sp³-hybridized carbons (Fsp3) is 0.312. The number of aliphatic hydroxyl groups is 1. The number of nitrogens with zero attached hydrogens (tertiary/aromatic N) is 1. The van der Waals surface area contributed by atoms with Gasteiger partial charge < -0.3 is 5.11 Å². The molecule has 1 heterocycles. The first-order chi connectivity index (χ1) is 8.41. The van der Waals surface area contributed by atoms with Crippen molar-refractivity contribution >= 4 is 0 Å². The Labute approximate surface area is 108 Å². The van der Waals surface area contributed by atoms with Crippen LogP contribution >= 0.6 is 0 Å². The zero-order valence-corrected chi connectivity index (χ0v) is 11.4. The van der Waals surface area contributed by atoms with E-state index in [9.17, 15) is 5.11 Å². The van der Waals surface area contributed by atoms with E-state index in [1.807, 2.05) is 45.9 Å². The highest BCUT2D eigenvalue weighted by Crippen LogP contribution is 2.31. The van der Waals surface area contributed by atoms with Crippen molar-refractivity contribution in [2.24, 2.45) is 0 Å². The molecule has 2 nitrogen and oxygen atoms in total. The maximum absolute atomic E-state index is 10.8. The van der Waals surface area contributed by atoms with Gasteiger partial charge in [0.05, 0.1) is 0 Å². The molecular formula is C16H19NO. The lowest BCUT2D eigenvalue weighted by Gasteiger charge is -2.26. The van der Waals surface area contributed by atoms with Crippen molar-refractivity contribution in [3.05, 3.63) is 64.5 Å². The molecule has 18 heavy (non-hydrogen) atoms. The molecule has 2 aromatic rings. The van der Waals surface area contributed by atoms with Crippen molar-refractivity contribution in [1.82, 2.24) is 4.98 Å². The third-order valence-electron chi connectivity index (χ3n) is 3.35. The van der Waals surface area contributed by atoms with Crippen LogP contribution in [0.4, 0.5) is 0 Å². The van der Waals surface area contributed by atoms with Gasteiger partial charge in [-0.3, -0.25) is 4.98 Å². The van der Waals surface area contributed by atoms with Gasteiger partial charge in [0.25, 0.3) is 0 Å². The molecule has 0 radical (unpaired) electrons. The summed E-state index contributed by atoms with van der Waals surface area (Å²) in [5, 5.41) is 10.8. The molecule has 0 amide bonds. The molecule has 1 atom stereocenters. The lowest BCUT2D eigenvalue weighted by molar-refractivity contribution is 0.101. The maximum atomic E-state index is 10.8. The molecule has 2 heteroatoms. The Balaban J connectivity index is 2.57. The summed E-state index contributed by atoms with van der Waals surface area (Å²) in [7, 11) is 0. The average Bonchev–Trinajstić information content (AvgIpc) is 2.28. The van der Waals surface area contributed by atoms with E-state index >= 15 is 0 Å². The van der Waals surface area contributed by atoms with Crippen LogP contribution in [0.2, 0.25) is 0 Å². The first-order valence-corrected chi connectivity index (χ1v) is 6.13. The Morgan fingerprint density at radius 2 is 1.67 bits per heavy atom. The van der Waals surface area contributed by atoms with Gasteiger partial charge in [-0.1, -0.05) is 29.3 Å². The van der Waals surface area contributed by atoms with Crippen LogP contribution in [0.15, 0.2) is 36.7 Å². The Hall–Kier alpha value is -1.67. The zero-order valence-electron chi connectivity index (χ0n) is 11.4. The molecule has 0 saturated carbocycles. The Morgan fingerprint density at radius 3 is 2.22 bits per heavy atom. The summed E-state index contributed by atoms with van der Waals surface area (Å²) in [4.78, 5) is 4.12. The molecule has 0 spiro atoms.